The van der Waals surface area contributed by atoms with Crippen molar-refractivity contribution in [2.45, 2.75) is 26.3 Å². The molecule has 0 saturated heterocycles. The number of carboxylic acids is 1. The zero-order chi connectivity index (χ0) is 13.0. The smallest absolute Gasteiger partial charge is 0.308 e. The highest BCUT2D eigenvalue weighted by Gasteiger charge is 2.28. The summed E-state index contributed by atoms with van der Waals surface area (Å²) in [5, 5.41) is 8.84. The highest BCUT2D eigenvalue weighted by Crippen LogP contribution is 2.19. The van der Waals surface area contributed by atoms with E-state index in [0.717, 1.165) is 0 Å². The summed E-state index contributed by atoms with van der Waals surface area (Å²) in [6.07, 6.45) is 4.27. The van der Waals surface area contributed by atoms with E-state index in [1.807, 2.05) is 19.1 Å². The number of amides is 1. The van der Waals surface area contributed by atoms with Crippen LogP contribution in [0.15, 0.2) is 12.2 Å². The van der Waals surface area contributed by atoms with Gasteiger partial charge in [-0.25, -0.2) is 0 Å². The zero-order valence-electron chi connectivity index (χ0n) is 10.3. The molecule has 96 valence electrons. The third-order valence-electron chi connectivity index (χ3n) is 3.04. The lowest BCUT2D eigenvalue weighted by molar-refractivity contribution is -0.143. The monoisotopic (exact) mass is 240 g/mol. The van der Waals surface area contributed by atoms with E-state index in [4.69, 9.17) is 10.8 Å². The van der Waals surface area contributed by atoms with E-state index in [1.165, 1.54) is 0 Å². The van der Waals surface area contributed by atoms with E-state index in [-0.39, 0.29) is 24.4 Å². The van der Waals surface area contributed by atoms with Crippen LogP contribution in [0.1, 0.15) is 20.3 Å². The molecule has 0 bridgehead atoms. The summed E-state index contributed by atoms with van der Waals surface area (Å²) < 4.78 is 0. The summed E-state index contributed by atoms with van der Waals surface area (Å²) in [6.45, 7) is 4.24. The number of carbonyl (C=O) groups excluding carboxylic acids is 1. The minimum absolute atomic E-state index is 0.0233. The molecule has 5 heteroatoms. The Hall–Kier alpha value is -1.36. The standard InChI is InChI=1S/C12H20N2O3/c1-3-14(7-8(2)12(16)17)11(15)9-4-5-10(13)6-9/h4-5,8-10H,3,6-7,13H2,1-2H3,(H,16,17). The quantitative estimate of drug-likeness (QED) is 0.684. The second kappa shape index (κ2) is 5.82. The summed E-state index contributed by atoms with van der Waals surface area (Å²) in [4.78, 5) is 24.5. The minimum atomic E-state index is -0.880. The number of carbonyl (C=O) groups is 2. The van der Waals surface area contributed by atoms with Crippen molar-refractivity contribution in [1.29, 1.82) is 0 Å². The number of aliphatic carboxylic acids is 1. The third-order valence-corrected chi connectivity index (χ3v) is 3.04. The fourth-order valence-electron chi connectivity index (χ4n) is 1.93. The van der Waals surface area contributed by atoms with Crippen LogP contribution in [-0.4, -0.2) is 41.0 Å². The third kappa shape index (κ3) is 3.56. The van der Waals surface area contributed by atoms with Crippen molar-refractivity contribution in [3.05, 3.63) is 12.2 Å². The molecule has 17 heavy (non-hydrogen) atoms. The molecule has 0 radical (unpaired) electrons. The Morgan fingerprint density at radius 1 is 1.53 bits per heavy atom. The zero-order valence-corrected chi connectivity index (χ0v) is 10.3. The maximum atomic E-state index is 12.1. The van der Waals surface area contributed by atoms with Gasteiger partial charge in [0.2, 0.25) is 5.91 Å². The summed E-state index contributed by atoms with van der Waals surface area (Å²) in [6, 6.07) is -0.0560. The lowest BCUT2D eigenvalue weighted by Gasteiger charge is -2.25. The molecule has 0 aromatic carbocycles. The van der Waals surface area contributed by atoms with E-state index in [9.17, 15) is 9.59 Å². The highest BCUT2D eigenvalue weighted by atomic mass is 16.4. The molecule has 1 aliphatic carbocycles. The van der Waals surface area contributed by atoms with Gasteiger partial charge in [-0.1, -0.05) is 19.1 Å². The van der Waals surface area contributed by atoms with Crippen molar-refractivity contribution < 1.29 is 14.7 Å². The Balaban J connectivity index is 2.58. The largest absolute Gasteiger partial charge is 0.481 e. The van der Waals surface area contributed by atoms with Crippen LogP contribution in [0.5, 0.6) is 0 Å². The normalized spacial score (nSPS) is 24.6. The SMILES string of the molecule is CCN(CC(C)C(=O)O)C(=O)C1C=CC(N)C1. The van der Waals surface area contributed by atoms with Gasteiger partial charge in [-0.05, 0) is 13.3 Å². The summed E-state index contributed by atoms with van der Waals surface area (Å²) in [7, 11) is 0. The first-order valence-corrected chi connectivity index (χ1v) is 5.91. The molecule has 3 unspecified atom stereocenters. The van der Waals surface area contributed by atoms with Gasteiger partial charge in [-0.15, -0.1) is 0 Å². The molecule has 0 fully saturated rings. The molecule has 3 N–H and O–H groups in total. The second-order valence-electron chi connectivity index (χ2n) is 4.51. The summed E-state index contributed by atoms with van der Waals surface area (Å²) in [5.41, 5.74) is 5.70. The average molecular weight is 240 g/mol. The lowest BCUT2D eigenvalue weighted by atomic mass is 10.1. The van der Waals surface area contributed by atoms with Gasteiger partial charge in [0.15, 0.2) is 0 Å². The molecule has 0 aliphatic heterocycles. The van der Waals surface area contributed by atoms with E-state index in [2.05, 4.69) is 0 Å². The van der Waals surface area contributed by atoms with Crippen LogP contribution in [0.2, 0.25) is 0 Å². The predicted molar refractivity (Wildman–Crippen MR) is 64.3 cm³/mol. The van der Waals surface area contributed by atoms with Crippen molar-refractivity contribution in [3.8, 4) is 0 Å². The minimum Gasteiger partial charge on any atom is -0.481 e. The Bertz CT molecular complexity index is 328. The Labute approximate surface area is 101 Å². The van der Waals surface area contributed by atoms with Gasteiger partial charge in [-0.3, -0.25) is 9.59 Å². The van der Waals surface area contributed by atoms with Crippen molar-refractivity contribution in [1.82, 2.24) is 4.90 Å². The topological polar surface area (TPSA) is 83.6 Å². The number of nitrogens with two attached hydrogens (primary N) is 1. The fraction of sp³-hybridized carbons (Fsp3) is 0.667. The molecule has 3 atom stereocenters. The van der Waals surface area contributed by atoms with Crippen molar-refractivity contribution in [2.75, 3.05) is 13.1 Å². The number of rotatable bonds is 5. The van der Waals surface area contributed by atoms with Gasteiger partial charge in [0.1, 0.15) is 0 Å². The molecule has 0 aromatic rings. The maximum absolute atomic E-state index is 12.1. The maximum Gasteiger partial charge on any atom is 0.308 e. The van der Waals surface area contributed by atoms with Gasteiger partial charge >= 0.3 is 5.97 Å². The summed E-state index contributed by atoms with van der Waals surface area (Å²) in [5.74, 6) is -1.64. The number of carboxylic acid groups (broad SMARTS) is 1. The molecule has 0 saturated carbocycles. The van der Waals surface area contributed by atoms with Gasteiger partial charge in [0.25, 0.3) is 0 Å². The van der Waals surface area contributed by atoms with Crippen LogP contribution >= 0.6 is 0 Å². The van der Waals surface area contributed by atoms with Crippen LogP contribution in [0.25, 0.3) is 0 Å². The molecule has 0 heterocycles. The van der Waals surface area contributed by atoms with E-state index in [0.29, 0.717) is 13.0 Å². The average Bonchev–Trinajstić information content (AvgIpc) is 2.71. The van der Waals surface area contributed by atoms with Crippen molar-refractivity contribution in [2.24, 2.45) is 17.6 Å². The molecule has 0 spiro atoms. The first-order chi connectivity index (χ1) is 7.95. The van der Waals surface area contributed by atoms with Crippen LogP contribution in [0, 0.1) is 11.8 Å². The molecule has 1 amide bonds. The fourth-order valence-corrected chi connectivity index (χ4v) is 1.93. The Morgan fingerprint density at radius 3 is 2.59 bits per heavy atom. The van der Waals surface area contributed by atoms with Crippen LogP contribution in [0.3, 0.4) is 0 Å². The van der Waals surface area contributed by atoms with Gasteiger partial charge in [-0.2, -0.15) is 0 Å². The molecular formula is C12H20N2O3. The first kappa shape index (κ1) is 13.7. The van der Waals surface area contributed by atoms with Crippen LogP contribution in [-0.2, 0) is 9.59 Å². The molecule has 5 nitrogen and oxygen atoms in total. The first-order valence-electron chi connectivity index (χ1n) is 5.91. The van der Waals surface area contributed by atoms with Crippen molar-refractivity contribution >= 4 is 11.9 Å². The second-order valence-corrected chi connectivity index (χ2v) is 4.51. The van der Waals surface area contributed by atoms with E-state index in [1.54, 1.807) is 11.8 Å². The van der Waals surface area contributed by atoms with Crippen LogP contribution in [0.4, 0.5) is 0 Å². The number of hydrogen-bond acceptors (Lipinski definition) is 3. The van der Waals surface area contributed by atoms with Gasteiger partial charge in [0, 0.05) is 19.1 Å². The van der Waals surface area contributed by atoms with Crippen molar-refractivity contribution in [3.63, 3.8) is 0 Å². The van der Waals surface area contributed by atoms with E-state index < -0.39 is 11.9 Å². The van der Waals surface area contributed by atoms with Gasteiger partial charge < -0.3 is 15.7 Å². The number of hydrogen-bond donors (Lipinski definition) is 2. The molecule has 1 aliphatic rings. The van der Waals surface area contributed by atoms with Gasteiger partial charge in [0.05, 0.1) is 11.8 Å². The lowest BCUT2D eigenvalue weighted by Crippen LogP contribution is -2.40. The predicted octanol–water partition coefficient (Wildman–Crippen LogP) is 0.459. The number of nitrogens with zero attached hydrogens (tertiary/aromatic N) is 1. The molecular weight excluding hydrogens is 220 g/mol. The highest BCUT2D eigenvalue weighted by molar-refractivity contribution is 5.82. The van der Waals surface area contributed by atoms with E-state index >= 15 is 0 Å². The Morgan fingerprint density at radius 2 is 2.18 bits per heavy atom. The molecule has 0 aromatic heterocycles. The summed E-state index contributed by atoms with van der Waals surface area (Å²) >= 11 is 0. The Kier molecular flexibility index (Phi) is 4.69. The molecule has 1 rings (SSSR count). The van der Waals surface area contributed by atoms with Crippen LogP contribution < -0.4 is 5.73 Å².